The molecule has 0 saturated carbocycles. The van der Waals surface area contributed by atoms with E-state index in [1.165, 1.54) is 5.56 Å². The van der Waals surface area contributed by atoms with Gasteiger partial charge in [0.2, 0.25) is 0 Å². The molecule has 13 heavy (non-hydrogen) atoms. The maximum absolute atomic E-state index is 8.53. The van der Waals surface area contributed by atoms with Gasteiger partial charge in [0.05, 0.1) is 0 Å². The summed E-state index contributed by atoms with van der Waals surface area (Å²) in [7, 11) is 0. The Hall–Kier alpha value is -1.35. The van der Waals surface area contributed by atoms with Crippen molar-refractivity contribution < 1.29 is 15.0 Å². The summed E-state index contributed by atoms with van der Waals surface area (Å²) in [5.74, 6) is 0. The fourth-order valence-electron chi connectivity index (χ4n) is 0.928. The van der Waals surface area contributed by atoms with E-state index in [2.05, 4.69) is 12.1 Å². The van der Waals surface area contributed by atoms with Gasteiger partial charge in [-0.2, -0.15) is 0 Å². The first kappa shape index (κ1) is 11.6. The van der Waals surface area contributed by atoms with Crippen LogP contribution in [0.3, 0.4) is 0 Å². The first-order valence-electron chi connectivity index (χ1n) is 4.07. The quantitative estimate of drug-likeness (QED) is 0.693. The molecule has 0 bridgehead atoms. The van der Waals surface area contributed by atoms with Crippen molar-refractivity contribution in [3.63, 3.8) is 0 Å². The van der Waals surface area contributed by atoms with Gasteiger partial charge in [0.1, 0.15) is 0 Å². The maximum Gasteiger partial charge on any atom is 0.290 e. The molecule has 0 fully saturated rings. The Morgan fingerprint density at radius 1 is 1.23 bits per heavy atom. The van der Waals surface area contributed by atoms with Crippen molar-refractivity contribution in [2.24, 2.45) is 0 Å². The summed E-state index contributed by atoms with van der Waals surface area (Å²) in [6.07, 6.45) is 1.85. The molecule has 3 nitrogen and oxygen atoms in total. The third-order valence-electron chi connectivity index (χ3n) is 1.47. The summed E-state index contributed by atoms with van der Waals surface area (Å²) in [5.41, 5.74) is 1.30. The van der Waals surface area contributed by atoms with Gasteiger partial charge in [-0.25, -0.2) is 0 Å². The number of benzene rings is 1. The van der Waals surface area contributed by atoms with Gasteiger partial charge in [-0.15, -0.1) is 0 Å². The standard InChI is InChI=1S/C9H12O.CH2O2/c10-8-4-7-9-5-2-1-3-6-9;2-1-3/h1-3,5-6,10H,4,7-8H2;1H,(H,2,3). The lowest BCUT2D eigenvalue weighted by molar-refractivity contribution is -0.122. The monoisotopic (exact) mass is 182 g/mol. The highest BCUT2D eigenvalue weighted by atomic mass is 16.3. The Morgan fingerprint density at radius 2 is 1.77 bits per heavy atom. The normalized spacial score (nSPS) is 8.38. The molecule has 0 amide bonds. The van der Waals surface area contributed by atoms with Crippen LogP contribution < -0.4 is 0 Å². The molecule has 0 atom stereocenters. The number of hydrogen-bond acceptors (Lipinski definition) is 2. The van der Waals surface area contributed by atoms with Gasteiger partial charge in [0.15, 0.2) is 0 Å². The molecule has 0 heterocycles. The summed E-state index contributed by atoms with van der Waals surface area (Å²) in [6.45, 7) is 0.0366. The summed E-state index contributed by atoms with van der Waals surface area (Å²) in [4.78, 5) is 8.36. The molecule has 0 aliphatic heterocycles. The highest BCUT2D eigenvalue weighted by molar-refractivity contribution is 5.32. The van der Waals surface area contributed by atoms with Gasteiger partial charge in [0, 0.05) is 6.61 Å². The van der Waals surface area contributed by atoms with Crippen LogP contribution >= 0.6 is 0 Å². The summed E-state index contributed by atoms with van der Waals surface area (Å²) in [5, 5.41) is 15.4. The van der Waals surface area contributed by atoms with Crippen LogP contribution in [0.4, 0.5) is 0 Å². The van der Waals surface area contributed by atoms with Crippen LogP contribution in [0, 0.1) is 0 Å². The number of rotatable bonds is 3. The summed E-state index contributed by atoms with van der Waals surface area (Å²) < 4.78 is 0. The lowest BCUT2D eigenvalue weighted by Gasteiger charge is -1.96. The molecule has 0 aromatic heterocycles. The fraction of sp³-hybridized carbons (Fsp3) is 0.300. The van der Waals surface area contributed by atoms with Gasteiger partial charge in [-0.3, -0.25) is 4.79 Å². The van der Waals surface area contributed by atoms with Crippen molar-refractivity contribution in [1.29, 1.82) is 0 Å². The predicted octanol–water partition coefficient (Wildman–Crippen LogP) is 1.31. The highest BCUT2D eigenvalue weighted by Gasteiger charge is 1.87. The van der Waals surface area contributed by atoms with Crippen LogP contribution in [-0.2, 0) is 11.2 Å². The van der Waals surface area contributed by atoms with Crippen molar-refractivity contribution in [2.45, 2.75) is 12.8 Å². The topological polar surface area (TPSA) is 57.5 Å². The second kappa shape index (κ2) is 8.74. The van der Waals surface area contributed by atoms with E-state index >= 15 is 0 Å². The molecule has 72 valence electrons. The highest BCUT2D eigenvalue weighted by Crippen LogP contribution is 2.00. The second-order valence-corrected chi connectivity index (χ2v) is 2.42. The number of carbonyl (C=O) groups is 1. The number of aliphatic hydroxyl groups excluding tert-OH is 1. The Kier molecular flexibility index (Phi) is 7.84. The van der Waals surface area contributed by atoms with Gasteiger partial charge in [0.25, 0.3) is 6.47 Å². The Labute approximate surface area is 77.6 Å². The van der Waals surface area contributed by atoms with Crippen molar-refractivity contribution in [1.82, 2.24) is 0 Å². The minimum Gasteiger partial charge on any atom is -0.483 e. The van der Waals surface area contributed by atoms with Crippen LogP contribution in [-0.4, -0.2) is 23.3 Å². The molecule has 2 N–H and O–H groups in total. The van der Waals surface area contributed by atoms with Crippen molar-refractivity contribution in [2.75, 3.05) is 6.61 Å². The Morgan fingerprint density at radius 3 is 2.23 bits per heavy atom. The maximum atomic E-state index is 8.53. The molecule has 1 aromatic rings. The minimum atomic E-state index is -0.250. The van der Waals surface area contributed by atoms with E-state index in [9.17, 15) is 0 Å². The minimum absolute atomic E-state index is 0.250. The lowest BCUT2D eigenvalue weighted by Crippen LogP contribution is -1.87. The van der Waals surface area contributed by atoms with Crippen LogP contribution in [0.1, 0.15) is 12.0 Å². The van der Waals surface area contributed by atoms with Crippen molar-refractivity contribution in [3.05, 3.63) is 35.9 Å². The van der Waals surface area contributed by atoms with Crippen LogP contribution in [0.5, 0.6) is 0 Å². The van der Waals surface area contributed by atoms with E-state index in [4.69, 9.17) is 15.0 Å². The largest absolute Gasteiger partial charge is 0.483 e. The SMILES string of the molecule is O=CO.OCCCc1ccccc1. The van der Waals surface area contributed by atoms with Crippen LogP contribution in [0.15, 0.2) is 30.3 Å². The first-order chi connectivity index (χ1) is 6.35. The predicted molar refractivity (Wildman–Crippen MR) is 50.5 cm³/mol. The molecule has 0 saturated heterocycles. The summed E-state index contributed by atoms with van der Waals surface area (Å²) in [6, 6.07) is 10.2. The van der Waals surface area contributed by atoms with E-state index in [1.54, 1.807) is 0 Å². The zero-order chi connectivity index (χ0) is 9.94. The molecular weight excluding hydrogens is 168 g/mol. The zero-order valence-corrected chi connectivity index (χ0v) is 7.39. The number of carboxylic acid groups (broad SMARTS) is 1. The molecule has 0 aliphatic carbocycles. The molecule has 1 aromatic carbocycles. The molecule has 0 radical (unpaired) electrons. The molecule has 3 heteroatoms. The van der Waals surface area contributed by atoms with Gasteiger partial charge < -0.3 is 10.2 Å². The Balaban J connectivity index is 0.000000424. The molecule has 1 rings (SSSR count). The number of hydrogen-bond donors (Lipinski definition) is 2. The van der Waals surface area contributed by atoms with E-state index in [-0.39, 0.29) is 13.1 Å². The van der Waals surface area contributed by atoms with E-state index in [1.807, 2.05) is 18.2 Å². The lowest BCUT2D eigenvalue weighted by atomic mass is 10.1. The van der Waals surface area contributed by atoms with Crippen LogP contribution in [0.25, 0.3) is 0 Å². The molecule has 0 spiro atoms. The molecule has 0 unspecified atom stereocenters. The first-order valence-corrected chi connectivity index (χ1v) is 4.07. The van der Waals surface area contributed by atoms with Gasteiger partial charge in [-0.1, -0.05) is 30.3 Å². The summed E-state index contributed by atoms with van der Waals surface area (Å²) >= 11 is 0. The second-order valence-electron chi connectivity index (χ2n) is 2.42. The Bertz CT molecular complexity index is 209. The van der Waals surface area contributed by atoms with E-state index in [0.29, 0.717) is 0 Å². The van der Waals surface area contributed by atoms with E-state index in [0.717, 1.165) is 12.8 Å². The third-order valence-corrected chi connectivity index (χ3v) is 1.47. The fourth-order valence-corrected chi connectivity index (χ4v) is 0.928. The number of aliphatic hydroxyl groups is 1. The zero-order valence-electron chi connectivity index (χ0n) is 7.39. The smallest absolute Gasteiger partial charge is 0.290 e. The van der Waals surface area contributed by atoms with E-state index < -0.39 is 0 Å². The number of aryl methyl sites for hydroxylation is 1. The molecular formula is C10H14O3. The van der Waals surface area contributed by atoms with Crippen LogP contribution in [0.2, 0.25) is 0 Å². The van der Waals surface area contributed by atoms with Gasteiger partial charge >= 0.3 is 0 Å². The van der Waals surface area contributed by atoms with Crippen molar-refractivity contribution >= 4 is 6.47 Å². The van der Waals surface area contributed by atoms with Gasteiger partial charge in [-0.05, 0) is 18.4 Å². The van der Waals surface area contributed by atoms with Crippen molar-refractivity contribution in [3.8, 4) is 0 Å². The average molecular weight is 182 g/mol. The average Bonchev–Trinajstić information content (AvgIpc) is 2.18. The third kappa shape index (κ3) is 7.03. The molecule has 0 aliphatic rings.